The molecule has 2 aromatic carbocycles. The molecule has 1 saturated carbocycles. The zero-order valence-electron chi connectivity index (χ0n) is 15.8. The highest BCUT2D eigenvalue weighted by Crippen LogP contribution is 2.45. The number of aromatic nitrogens is 2. The number of hydrogen-bond acceptors (Lipinski definition) is 4. The number of nitrogens with one attached hydrogen (secondary N) is 2. The van der Waals surface area contributed by atoms with Crippen LogP contribution in [0.2, 0.25) is 10.2 Å². The van der Waals surface area contributed by atoms with E-state index < -0.39 is 11.7 Å². The number of aromatic amines is 1. The van der Waals surface area contributed by atoms with Crippen molar-refractivity contribution in [2.24, 2.45) is 0 Å². The minimum absolute atomic E-state index is 0.0115. The molecule has 1 aromatic heterocycles. The van der Waals surface area contributed by atoms with Crippen molar-refractivity contribution >= 4 is 45.0 Å². The maximum absolute atomic E-state index is 15.2. The summed E-state index contributed by atoms with van der Waals surface area (Å²) in [6, 6.07) is 8.63. The van der Waals surface area contributed by atoms with Crippen molar-refractivity contribution in [1.29, 1.82) is 5.26 Å². The van der Waals surface area contributed by atoms with E-state index in [1.54, 1.807) is 12.1 Å². The Morgan fingerprint density at radius 1 is 1.39 bits per heavy atom. The molecule has 3 aromatic rings. The van der Waals surface area contributed by atoms with Crippen LogP contribution in [0.5, 0.6) is 11.5 Å². The van der Waals surface area contributed by atoms with Gasteiger partial charge in [-0.15, -0.1) is 0 Å². The number of H-pyrrole nitrogens is 1. The summed E-state index contributed by atoms with van der Waals surface area (Å²) in [6.07, 6.45) is 3.36. The number of benzene rings is 2. The molecule has 10 heteroatoms. The summed E-state index contributed by atoms with van der Waals surface area (Å²) in [7, 11) is 0. The third-order valence-electron chi connectivity index (χ3n) is 4.82. The summed E-state index contributed by atoms with van der Waals surface area (Å²) in [6.45, 7) is -0.131. The maximum atomic E-state index is 15.2. The molecular weight excluding hydrogens is 510 g/mol. The molecule has 1 aliphatic rings. The van der Waals surface area contributed by atoms with E-state index in [0.29, 0.717) is 21.7 Å². The highest BCUT2D eigenvalue weighted by Gasteiger charge is 2.26. The van der Waals surface area contributed by atoms with E-state index in [2.05, 4.69) is 37.3 Å². The summed E-state index contributed by atoms with van der Waals surface area (Å²) in [5.41, 5.74) is 1.53. The molecule has 1 fully saturated rings. The fraction of sp³-hybridized carbons (Fsp3) is 0.190. The van der Waals surface area contributed by atoms with Crippen molar-refractivity contribution in [3.8, 4) is 17.6 Å². The molecule has 31 heavy (non-hydrogen) atoms. The van der Waals surface area contributed by atoms with Gasteiger partial charge < -0.3 is 15.0 Å². The Hall–Kier alpha value is -2.60. The number of hydrogen-bond donors (Lipinski definition) is 2. The van der Waals surface area contributed by atoms with Gasteiger partial charge in [-0.25, -0.2) is 9.37 Å². The fourth-order valence-corrected chi connectivity index (χ4v) is 3.80. The van der Waals surface area contributed by atoms with Gasteiger partial charge in [0.2, 0.25) is 0 Å². The molecule has 1 aliphatic carbocycles. The lowest BCUT2D eigenvalue weighted by Crippen LogP contribution is -2.24. The fourth-order valence-electron chi connectivity index (χ4n) is 3.04. The van der Waals surface area contributed by atoms with Gasteiger partial charge in [-0.1, -0.05) is 29.3 Å². The number of nitriles is 1. The van der Waals surface area contributed by atoms with Gasteiger partial charge in [0.1, 0.15) is 17.0 Å². The lowest BCUT2D eigenvalue weighted by Gasteiger charge is -2.15. The second-order valence-corrected chi connectivity index (χ2v) is 8.54. The topological polar surface area (TPSA) is 90.8 Å². The molecule has 1 amide bonds. The summed E-state index contributed by atoms with van der Waals surface area (Å²) in [5, 5.41) is 12.1. The van der Waals surface area contributed by atoms with Gasteiger partial charge in [0, 0.05) is 12.1 Å². The number of rotatable bonds is 6. The average molecular weight is 524 g/mol. The number of ether oxygens (including phenoxy) is 1. The van der Waals surface area contributed by atoms with Crippen molar-refractivity contribution in [3.63, 3.8) is 0 Å². The molecule has 0 bridgehead atoms. The Balaban J connectivity index is 1.60. The van der Waals surface area contributed by atoms with Gasteiger partial charge in [0.15, 0.2) is 17.3 Å². The van der Waals surface area contributed by atoms with Crippen LogP contribution in [-0.2, 0) is 6.54 Å². The van der Waals surface area contributed by atoms with Gasteiger partial charge in [-0.2, -0.15) is 5.26 Å². The first kappa shape index (κ1) is 21.6. The molecule has 158 valence electrons. The van der Waals surface area contributed by atoms with Crippen LogP contribution < -0.4 is 10.1 Å². The van der Waals surface area contributed by atoms with Crippen LogP contribution in [0.3, 0.4) is 0 Å². The first-order chi connectivity index (χ1) is 14.9. The molecular formula is C21H14BrCl2FN4O2. The van der Waals surface area contributed by atoms with Crippen LogP contribution in [0.1, 0.15) is 45.9 Å². The average Bonchev–Trinajstić information content (AvgIpc) is 3.52. The van der Waals surface area contributed by atoms with Crippen LogP contribution >= 0.6 is 39.1 Å². The van der Waals surface area contributed by atoms with Crippen LogP contribution in [0.4, 0.5) is 4.39 Å². The van der Waals surface area contributed by atoms with Gasteiger partial charge in [0.05, 0.1) is 21.4 Å². The maximum Gasteiger partial charge on any atom is 0.273 e. The molecule has 0 radical (unpaired) electrons. The van der Waals surface area contributed by atoms with Crippen LogP contribution in [0.15, 0.2) is 35.1 Å². The van der Waals surface area contributed by atoms with Gasteiger partial charge >= 0.3 is 0 Å². The van der Waals surface area contributed by atoms with Gasteiger partial charge in [-0.3, -0.25) is 4.79 Å². The summed E-state index contributed by atoms with van der Waals surface area (Å²) >= 11 is 15.4. The lowest BCUT2D eigenvalue weighted by molar-refractivity contribution is 0.0946. The number of amides is 1. The Morgan fingerprint density at radius 3 is 2.81 bits per heavy atom. The number of nitrogens with zero attached hydrogens (tertiary/aromatic N) is 2. The van der Waals surface area contributed by atoms with Crippen molar-refractivity contribution in [3.05, 3.63) is 73.4 Å². The Morgan fingerprint density at radius 2 is 2.16 bits per heavy atom. The number of halogens is 4. The number of carbonyl (C=O) groups excluding carboxylic acids is 1. The Bertz CT molecular complexity index is 1220. The molecule has 2 N–H and O–H groups in total. The van der Waals surface area contributed by atoms with Crippen molar-refractivity contribution in [2.75, 3.05) is 0 Å². The highest BCUT2D eigenvalue weighted by atomic mass is 79.9. The van der Waals surface area contributed by atoms with Crippen molar-refractivity contribution < 1.29 is 13.9 Å². The second-order valence-electron chi connectivity index (χ2n) is 6.97. The zero-order valence-corrected chi connectivity index (χ0v) is 18.9. The molecule has 6 nitrogen and oxygen atoms in total. The minimum atomic E-state index is -0.719. The van der Waals surface area contributed by atoms with E-state index in [9.17, 15) is 10.1 Å². The minimum Gasteiger partial charge on any atom is -0.451 e. The normalized spacial score (nSPS) is 13.0. The molecule has 0 spiro atoms. The monoisotopic (exact) mass is 522 g/mol. The predicted molar refractivity (Wildman–Crippen MR) is 117 cm³/mol. The molecule has 0 saturated heterocycles. The number of imidazole rings is 1. The largest absolute Gasteiger partial charge is 0.451 e. The molecule has 0 unspecified atom stereocenters. The van der Waals surface area contributed by atoms with E-state index >= 15 is 4.39 Å². The Labute approximate surface area is 195 Å². The van der Waals surface area contributed by atoms with E-state index in [1.165, 1.54) is 18.5 Å². The van der Waals surface area contributed by atoms with Crippen LogP contribution in [0.25, 0.3) is 0 Å². The first-order valence-corrected chi connectivity index (χ1v) is 10.8. The van der Waals surface area contributed by atoms with Gasteiger partial charge in [0.25, 0.3) is 5.91 Å². The van der Waals surface area contributed by atoms with E-state index in [1.807, 2.05) is 0 Å². The van der Waals surface area contributed by atoms with Crippen molar-refractivity contribution in [1.82, 2.24) is 15.3 Å². The lowest BCUT2D eigenvalue weighted by atomic mass is 10.1. The predicted octanol–water partition coefficient (Wildman–Crippen LogP) is 6.09. The standard InChI is InChI=1S/C21H14BrCl2FN4O2/c22-16-13(7-26)5-12(10-1-2-10)6-15(16)31-19-14(23)4-3-11(17(19)25)8-27-21(30)18-20(24)29-9-28-18/h3-6,9-10H,1-2,8H2,(H,27,30)(H,28,29). The van der Waals surface area contributed by atoms with Crippen LogP contribution in [0, 0.1) is 17.1 Å². The third-order valence-corrected chi connectivity index (χ3v) is 6.22. The third kappa shape index (κ3) is 4.54. The van der Waals surface area contributed by atoms with Gasteiger partial charge in [-0.05, 0) is 58.5 Å². The smallest absolute Gasteiger partial charge is 0.273 e. The Kier molecular flexibility index (Phi) is 6.19. The SMILES string of the molecule is N#Cc1cc(C2CC2)cc(Oc2c(Cl)ccc(CNC(=O)c3nc[nH]c3Cl)c2F)c1Br. The van der Waals surface area contributed by atoms with E-state index in [4.69, 9.17) is 27.9 Å². The molecule has 0 aliphatic heterocycles. The van der Waals surface area contributed by atoms with E-state index in [-0.39, 0.29) is 33.7 Å². The zero-order chi connectivity index (χ0) is 22.1. The number of carbonyl (C=O) groups is 1. The summed E-state index contributed by atoms with van der Waals surface area (Å²) in [5.74, 6) is -0.793. The quantitative estimate of drug-likeness (QED) is 0.409. The molecule has 4 rings (SSSR count). The molecule has 0 atom stereocenters. The summed E-state index contributed by atoms with van der Waals surface area (Å²) < 4.78 is 21.4. The highest BCUT2D eigenvalue weighted by molar-refractivity contribution is 9.10. The summed E-state index contributed by atoms with van der Waals surface area (Å²) in [4.78, 5) is 18.6. The second kappa shape index (κ2) is 8.87. The molecule has 1 heterocycles. The first-order valence-electron chi connectivity index (χ1n) is 9.24. The van der Waals surface area contributed by atoms with Crippen LogP contribution in [-0.4, -0.2) is 15.9 Å². The van der Waals surface area contributed by atoms with Crippen molar-refractivity contribution in [2.45, 2.75) is 25.3 Å². The van der Waals surface area contributed by atoms with E-state index in [0.717, 1.165) is 18.4 Å².